The van der Waals surface area contributed by atoms with E-state index in [1.807, 2.05) is 19.0 Å². The normalized spacial score (nSPS) is 9.76. The van der Waals surface area contributed by atoms with Crippen molar-refractivity contribution in [3.63, 3.8) is 0 Å². The molecule has 0 unspecified atom stereocenters. The van der Waals surface area contributed by atoms with Crippen LogP contribution in [-0.4, -0.2) is 37.6 Å². The molecule has 0 radical (unpaired) electrons. The molecule has 0 saturated carbocycles. The Balaban J connectivity index is 3.20. The van der Waals surface area contributed by atoms with Crippen molar-refractivity contribution in [3.05, 3.63) is 45.9 Å². The minimum absolute atomic E-state index is 0.0684. The van der Waals surface area contributed by atoms with Gasteiger partial charge in [0.25, 0.3) is 11.6 Å². The van der Waals surface area contributed by atoms with E-state index in [1.165, 1.54) is 13.2 Å². The highest BCUT2D eigenvalue weighted by atomic mass is 16.7. The van der Waals surface area contributed by atoms with Crippen LogP contribution in [0.25, 0.3) is 0 Å². The van der Waals surface area contributed by atoms with Crippen molar-refractivity contribution in [1.82, 2.24) is 4.90 Å². The van der Waals surface area contributed by atoms with Crippen LogP contribution in [0, 0.1) is 28.9 Å². The molecule has 6 nitrogen and oxygen atoms in total. The fraction of sp³-hybridized carbons (Fsp3) is 0.333. The minimum Gasteiger partial charge on any atom is -0.469 e. The van der Waals surface area contributed by atoms with Gasteiger partial charge in [0.05, 0.1) is 24.6 Å². The average Bonchev–Trinajstić information content (AvgIpc) is 2.40. The van der Waals surface area contributed by atoms with Gasteiger partial charge in [-0.25, -0.2) is 0 Å². The Morgan fingerprint density at radius 1 is 1.48 bits per heavy atom. The Morgan fingerprint density at radius 2 is 2.14 bits per heavy atom. The summed E-state index contributed by atoms with van der Waals surface area (Å²) < 4.78 is 10.1. The molecule has 0 N–H and O–H groups in total. The molecule has 1 rings (SSSR count). The van der Waals surface area contributed by atoms with Crippen LogP contribution in [0.4, 0.5) is 5.69 Å². The first-order valence-corrected chi connectivity index (χ1v) is 6.18. The maximum absolute atomic E-state index is 11.2. The van der Waals surface area contributed by atoms with Crippen molar-refractivity contribution in [2.75, 3.05) is 27.7 Å². The Kier molecular flexibility index (Phi) is 5.76. The standard InChI is InChI=1S/C15H18N2O4/c1-11-9-13(7-6-8-16(3)4)14(17(18)19)10-15(11)21-12(2)20-5/h9-10H,2,8H2,1,3-5H3. The Morgan fingerprint density at radius 3 is 2.67 bits per heavy atom. The zero-order chi connectivity index (χ0) is 16.0. The van der Waals surface area contributed by atoms with Crippen molar-refractivity contribution in [1.29, 1.82) is 0 Å². The van der Waals surface area contributed by atoms with Gasteiger partial charge in [-0.15, -0.1) is 0 Å². The molecule has 0 fully saturated rings. The molecule has 0 saturated heterocycles. The quantitative estimate of drug-likeness (QED) is 0.360. The number of hydrogen-bond donors (Lipinski definition) is 0. The summed E-state index contributed by atoms with van der Waals surface area (Å²) in [6.45, 7) is 5.83. The smallest absolute Gasteiger partial charge is 0.288 e. The summed E-state index contributed by atoms with van der Waals surface area (Å²) >= 11 is 0. The molecule has 0 aliphatic heterocycles. The van der Waals surface area contributed by atoms with E-state index >= 15 is 0 Å². The summed E-state index contributed by atoms with van der Waals surface area (Å²) in [5, 5.41) is 11.2. The second kappa shape index (κ2) is 7.31. The maximum Gasteiger partial charge on any atom is 0.288 e. The molecule has 112 valence electrons. The fourth-order valence-electron chi connectivity index (χ4n) is 1.50. The van der Waals surface area contributed by atoms with Crippen molar-refractivity contribution >= 4 is 5.69 Å². The third-order valence-electron chi connectivity index (χ3n) is 2.56. The van der Waals surface area contributed by atoms with E-state index in [0.29, 0.717) is 23.4 Å². The average molecular weight is 290 g/mol. The summed E-state index contributed by atoms with van der Waals surface area (Å²) in [6, 6.07) is 2.96. The van der Waals surface area contributed by atoms with Gasteiger partial charge in [-0.1, -0.05) is 11.8 Å². The minimum atomic E-state index is -0.485. The molecule has 0 aliphatic rings. The molecule has 1 aromatic rings. The molecule has 0 atom stereocenters. The molecule has 0 heterocycles. The second-order valence-electron chi connectivity index (χ2n) is 4.61. The van der Waals surface area contributed by atoms with E-state index in [0.717, 1.165) is 0 Å². The first-order valence-electron chi connectivity index (χ1n) is 6.18. The Hall–Kier alpha value is -2.52. The molecule has 0 spiro atoms. The van der Waals surface area contributed by atoms with Gasteiger partial charge in [0.15, 0.2) is 0 Å². The topological polar surface area (TPSA) is 64.8 Å². The maximum atomic E-state index is 11.2. The van der Waals surface area contributed by atoms with E-state index in [4.69, 9.17) is 9.47 Å². The summed E-state index contributed by atoms with van der Waals surface area (Å²) in [7, 11) is 5.16. The first kappa shape index (κ1) is 16.5. The van der Waals surface area contributed by atoms with Gasteiger partial charge in [-0.2, -0.15) is 0 Å². The number of rotatable bonds is 5. The van der Waals surface area contributed by atoms with Gasteiger partial charge >= 0.3 is 0 Å². The van der Waals surface area contributed by atoms with Gasteiger partial charge in [0.1, 0.15) is 11.3 Å². The van der Waals surface area contributed by atoms with Crippen LogP contribution >= 0.6 is 0 Å². The number of methoxy groups -OCH3 is 1. The van der Waals surface area contributed by atoms with Crippen molar-refractivity contribution in [2.45, 2.75) is 6.92 Å². The second-order valence-corrected chi connectivity index (χ2v) is 4.61. The lowest BCUT2D eigenvalue weighted by atomic mass is 10.1. The SMILES string of the molecule is C=C(OC)Oc1cc([N+](=O)[O-])c(C#CCN(C)C)cc1C. The summed E-state index contributed by atoms with van der Waals surface area (Å²) in [4.78, 5) is 12.6. The van der Waals surface area contributed by atoms with Crippen molar-refractivity contribution in [2.24, 2.45) is 0 Å². The van der Waals surface area contributed by atoms with E-state index in [1.54, 1.807) is 13.0 Å². The van der Waals surface area contributed by atoms with E-state index < -0.39 is 4.92 Å². The number of hydrogen-bond acceptors (Lipinski definition) is 5. The zero-order valence-corrected chi connectivity index (χ0v) is 12.6. The van der Waals surface area contributed by atoms with Crippen molar-refractivity contribution in [3.8, 4) is 17.6 Å². The largest absolute Gasteiger partial charge is 0.469 e. The highest BCUT2D eigenvalue weighted by molar-refractivity contribution is 5.57. The van der Waals surface area contributed by atoms with E-state index in [2.05, 4.69) is 18.4 Å². The third-order valence-corrected chi connectivity index (χ3v) is 2.56. The fourth-order valence-corrected chi connectivity index (χ4v) is 1.50. The van der Waals surface area contributed by atoms with Crippen LogP contribution in [0.5, 0.6) is 5.75 Å². The van der Waals surface area contributed by atoms with Crippen LogP contribution in [0.1, 0.15) is 11.1 Å². The number of ether oxygens (including phenoxy) is 2. The highest BCUT2D eigenvalue weighted by Crippen LogP contribution is 2.29. The van der Waals surface area contributed by atoms with E-state index in [-0.39, 0.29) is 11.6 Å². The van der Waals surface area contributed by atoms with Gasteiger partial charge in [-0.05, 0) is 39.2 Å². The number of aryl methyl sites for hydroxylation is 1. The summed E-state index contributed by atoms with van der Waals surface area (Å²) in [5.74, 6) is 6.10. The van der Waals surface area contributed by atoms with Crippen LogP contribution < -0.4 is 4.74 Å². The molecule has 0 bridgehead atoms. The molecule has 0 amide bonds. The van der Waals surface area contributed by atoms with E-state index in [9.17, 15) is 10.1 Å². The molecule has 1 aromatic carbocycles. The molecule has 21 heavy (non-hydrogen) atoms. The molecular weight excluding hydrogens is 272 g/mol. The first-order chi connectivity index (χ1) is 9.85. The lowest BCUT2D eigenvalue weighted by Gasteiger charge is -2.10. The van der Waals surface area contributed by atoms with Crippen LogP contribution in [0.15, 0.2) is 24.7 Å². The van der Waals surface area contributed by atoms with Crippen LogP contribution in [-0.2, 0) is 4.74 Å². The molecular formula is C15H18N2O4. The monoisotopic (exact) mass is 290 g/mol. The van der Waals surface area contributed by atoms with Crippen molar-refractivity contribution < 1.29 is 14.4 Å². The Bertz CT molecular complexity index is 612. The zero-order valence-electron chi connectivity index (χ0n) is 12.6. The number of benzene rings is 1. The van der Waals surface area contributed by atoms with Crippen LogP contribution in [0.2, 0.25) is 0 Å². The van der Waals surface area contributed by atoms with Gasteiger partial charge in [-0.3, -0.25) is 15.0 Å². The Labute approximate surface area is 124 Å². The summed E-state index contributed by atoms with van der Waals surface area (Å²) in [5.41, 5.74) is 0.966. The molecule has 0 aromatic heterocycles. The number of nitro benzene ring substituents is 1. The number of nitrogens with zero attached hydrogens (tertiary/aromatic N) is 2. The van der Waals surface area contributed by atoms with Gasteiger partial charge in [0, 0.05) is 0 Å². The van der Waals surface area contributed by atoms with Crippen LogP contribution in [0.3, 0.4) is 0 Å². The molecule has 6 heteroatoms. The lowest BCUT2D eigenvalue weighted by Crippen LogP contribution is -2.10. The predicted molar refractivity (Wildman–Crippen MR) is 80.0 cm³/mol. The van der Waals surface area contributed by atoms with Gasteiger partial charge < -0.3 is 9.47 Å². The highest BCUT2D eigenvalue weighted by Gasteiger charge is 2.17. The lowest BCUT2D eigenvalue weighted by molar-refractivity contribution is -0.385. The molecule has 0 aliphatic carbocycles. The number of nitro groups is 1. The summed E-state index contributed by atoms with van der Waals surface area (Å²) in [6.07, 6.45) is 0. The third kappa shape index (κ3) is 4.82. The van der Waals surface area contributed by atoms with Gasteiger partial charge in [0.2, 0.25) is 0 Å². The predicted octanol–water partition coefficient (Wildman–Crippen LogP) is 2.31.